The number of nitrogens with one attached hydrogen (secondary N) is 1. The fourth-order valence-corrected chi connectivity index (χ4v) is 3.54. The largest absolute Gasteiger partial charge is 0.381 e. The highest BCUT2D eigenvalue weighted by atomic mass is 16.5. The van der Waals surface area contributed by atoms with Gasteiger partial charge in [0.15, 0.2) is 5.65 Å². The maximum atomic E-state index is 13.1. The molecule has 0 bridgehead atoms. The van der Waals surface area contributed by atoms with Crippen LogP contribution in [0, 0.1) is 11.3 Å². The third-order valence-corrected chi connectivity index (χ3v) is 5.09. The van der Waals surface area contributed by atoms with E-state index < -0.39 is 29.1 Å². The number of imidazole rings is 1. The van der Waals surface area contributed by atoms with Crippen LogP contribution in [-0.2, 0) is 16.1 Å². The standard InChI is InChI=1S/C19H27N5O4/c1-19(2,3)14(15(20)25)22-17(26)24-13-5-4-8-21-16(13)23(18(24)27)11-12-6-9-28-10-7-12/h4-5,8,12,14H,6-7,9-11H2,1-3H3,(H2,20,25)(H,22,26)/t14-/m1/s1. The van der Waals surface area contributed by atoms with E-state index in [4.69, 9.17) is 10.5 Å². The van der Waals surface area contributed by atoms with Gasteiger partial charge in [0, 0.05) is 26.0 Å². The zero-order valence-electron chi connectivity index (χ0n) is 16.5. The first-order chi connectivity index (χ1) is 13.2. The Morgan fingerprint density at radius 2 is 2.04 bits per heavy atom. The van der Waals surface area contributed by atoms with Crippen molar-refractivity contribution in [1.29, 1.82) is 0 Å². The Kier molecular flexibility index (Phi) is 5.55. The van der Waals surface area contributed by atoms with Crippen LogP contribution >= 0.6 is 0 Å². The van der Waals surface area contributed by atoms with Crippen LogP contribution in [0.2, 0.25) is 0 Å². The van der Waals surface area contributed by atoms with Crippen molar-refractivity contribution < 1.29 is 14.3 Å². The second-order valence-electron chi connectivity index (χ2n) is 8.28. The Bertz CT molecular complexity index is 934. The lowest BCUT2D eigenvalue weighted by atomic mass is 9.86. The highest BCUT2D eigenvalue weighted by Crippen LogP contribution is 2.21. The van der Waals surface area contributed by atoms with Crippen molar-refractivity contribution in [1.82, 2.24) is 19.4 Å². The normalized spacial score (nSPS) is 16.8. The number of carbonyl (C=O) groups is 2. The number of primary amides is 1. The van der Waals surface area contributed by atoms with Gasteiger partial charge in [-0.2, -0.15) is 0 Å². The van der Waals surface area contributed by atoms with Crippen LogP contribution in [0.25, 0.3) is 11.2 Å². The zero-order valence-corrected chi connectivity index (χ0v) is 16.5. The monoisotopic (exact) mass is 389 g/mol. The molecule has 0 aliphatic carbocycles. The summed E-state index contributed by atoms with van der Waals surface area (Å²) in [5.41, 5.74) is 5.23. The SMILES string of the molecule is CC(C)(C)[C@H](NC(=O)n1c(=O)n(CC2CCOCC2)c2ncccc21)C(N)=O. The van der Waals surface area contributed by atoms with Crippen molar-refractivity contribution in [2.24, 2.45) is 17.1 Å². The molecule has 28 heavy (non-hydrogen) atoms. The van der Waals surface area contributed by atoms with E-state index in [1.807, 2.05) is 0 Å². The molecule has 1 aliphatic heterocycles. The highest BCUT2D eigenvalue weighted by Gasteiger charge is 2.33. The van der Waals surface area contributed by atoms with Crippen LogP contribution in [0.1, 0.15) is 33.6 Å². The van der Waals surface area contributed by atoms with Gasteiger partial charge in [-0.15, -0.1) is 0 Å². The van der Waals surface area contributed by atoms with Gasteiger partial charge in [0.1, 0.15) is 6.04 Å². The number of carbonyl (C=O) groups excluding carboxylic acids is 2. The number of rotatable bonds is 4. The minimum absolute atomic E-state index is 0.281. The van der Waals surface area contributed by atoms with E-state index >= 15 is 0 Å². The second-order valence-corrected chi connectivity index (χ2v) is 8.28. The summed E-state index contributed by atoms with van der Waals surface area (Å²) in [6.07, 6.45) is 3.30. The molecule has 3 rings (SSSR count). The number of ether oxygens (including phenoxy) is 1. The van der Waals surface area contributed by atoms with Crippen molar-refractivity contribution in [2.75, 3.05) is 13.2 Å². The average Bonchev–Trinajstić information content (AvgIpc) is 2.91. The summed E-state index contributed by atoms with van der Waals surface area (Å²) in [5, 5.41) is 2.61. The molecular weight excluding hydrogens is 362 g/mol. The van der Waals surface area contributed by atoms with Gasteiger partial charge in [-0.3, -0.25) is 9.36 Å². The molecule has 0 aromatic carbocycles. The molecule has 2 aromatic rings. The molecule has 0 radical (unpaired) electrons. The highest BCUT2D eigenvalue weighted by molar-refractivity contribution is 5.91. The Morgan fingerprint density at radius 1 is 1.36 bits per heavy atom. The van der Waals surface area contributed by atoms with E-state index in [0.717, 1.165) is 17.4 Å². The summed E-state index contributed by atoms with van der Waals surface area (Å²) < 4.78 is 7.94. The molecule has 0 spiro atoms. The number of fused-ring (bicyclic) bond motifs is 1. The van der Waals surface area contributed by atoms with Gasteiger partial charge >= 0.3 is 11.7 Å². The third-order valence-electron chi connectivity index (χ3n) is 5.09. The molecule has 9 nitrogen and oxygen atoms in total. The smallest absolute Gasteiger partial charge is 0.338 e. The summed E-state index contributed by atoms with van der Waals surface area (Å²) in [5.74, 6) is -0.374. The van der Waals surface area contributed by atoms with Crippen molar-refractivity contribution in [3.05, 3.63) is 28.8 Å². The van der Waals surface area contributed by atoms with Crippen molar-refractivity contribution in [3.63, 3.8) is 0 Å². The molecule has 0 saturated carbocycles. The van der Waals surface area contributed by atoms with E-state index in [9.17, 15) is 14.4 Å². The first-order valence-electron chi connectivity index (χ1n) is 9.44. The Hall–Kier alpha value is -2.68. The van der Waals surface area contributed by atoms with Gasteiger partial charge in [-0.05, 0) is 36.3 Å². The summed E-state index contributed by atoms with van der Waals surface area (Å²) in [7, 11) is 0. The molecule has 2 aromatic heterocycles. The number of nitrogens with two attached hydrogens (primary N) is 1. The predicted octanol–water partition coefficient (Wildman–Crippen LogP) is 1.08. The molecule has 1 fully saturated rings. The van der Waals surface area contributed by atoms with Crippen LogP contribution in [0.3, 0.4) is 0 Å². The number of pyridine rings is 1. The summed E-state index contributed by atoms with van der Waals surface area (Å²) >= 11 is 0. The molecule has 2 amide bonds. The fourth-order valence-electron chi connectivity index (χ4n) is 3.54. The van der Waals surface area contributed by atoms with Crippen molar-refractivity contribution in [2.45, 2.75) is 46.2 Å². The van der Waals surface area contributed by atoms with Crippen LogP contribution in [-0.4, -0.2) is 45.3 Å². The van der Waals surface area contributed by atoms with Gasteiger partial charge in [-0.1, -0.05) is 20.8 Å². The van der Waals surface area contributed by atoms with Crippen LogP contribution in [0.4, 0.5) is 4.79 Å². The van der Waals surface area contributed by atoms with Crippen molar-refractivity contribution >= 4 is 23.1 Å². The van der Waals surface area contributed by atoms with Crippen LogP contribution < -0.4 is 16.7 Å². The summed E-state index contributed by atoms with van der Waals surface area (Å²) in [6, 6.07) is 1.73. The Labute approximate surface area is 162 Å². The minimum atomic E-state index is -0.919. The molecule has 3 heterocycles. The molecule has 0 unspecified atom stereocenters. The summed E-state index contributed by atoms with van der Waals surface area (Å²) in [6.45, 7) is 7.18. The average molecular weight is 389 g/mol. The molecule has 1 atom stereocenters. The number of amides is 2. The van der Waals surface area contributed by atoms with Crippen molar-refractivity contribution in [3.8, 4) is 0 Å². The molecular formula is C19H27N5O4. The lowest BCUT2D eigenvalue weighted by molar-refractivity contribution is -0.122. The van der Waals surface area contributed by atoms with Crippen LogP contribution in [0.5, 0.6) is 0 Å². The molecule has 1 aliphatic rings. The first kappa shape index (κ1) is 20.1. The second kappa shape index (κ2) is 7.75. The predicted molar refractivity (Wildman–Crippen MR) is 104 cm³/mol. The third kappa shape index (κ3) is 3.94. The quantitative estimate of drug-likeness (QED) is 0.810. The van der Waals surface area contributed by atoms with Gasteiger partial charge < -0.3 is 15.8 Å². The van der Waals surface area contributed by atoms with Gasteiger partial charge in [0.25, 0.3) is 0 Å². The number of hydrogen-bond acceptors (Lipinski definition) is 5. The number of aromatic nitrogens is 3. The van der Waals surface area contributed by atoms with Crippen LogP contribution in [0.15, 0.2) is 23.1 Å². The van der Waals surface area contributed by atoms with E-state index in [1.165, 1.54) is 4.57 Å². The molecule has 152 valence electrons. The Balaban J connectivity index is 1.99. The van der Waals surface area contributed by atoms with Gasteiger partial charge in [-0.25, -0.2) is 19.1 Å². The topological polar surface area (TPSA) is 121 Å². The van der Waals surface area contributed by atoms with E-state index in [0.29, 0.717) is 30.9 Å². The number of nitrogens with zero attached hydrogens (tertiary/aromatic N) is 3. The van der Waals surface area contributed by atoms with Gasteiger partial charge in [0.05, 0.1) is 5.52 Å². The maximum Gasteiger partial charge on any atom is 0.338 e. The van der Waals surface area contributed by atoms with Gasteiger partial charge in [0.2, 0.25) is 5.91 Å². The lowest BCUT2D eigenvalue weighted by Crippen LogP contribution is -2.54. The van der Waals surface area contributed by atoms with E-state index in [1.54, 1.807) is 39.1 Å². The van der Waals surface area contributed by atoms with E-state index in [2.05, 4.69) is 10.3 Å². The Morgan fingerprint density at radius 3 is 2.64 bits per heavy atom. The van der Waals surface area contributed by atoms with E-state index in [-0.39, 0.29) is 5.92 Å². The molecule has 1 saturated heterocycles. The zero-order chi connectivity index (χ0) is 20.5. The number of hydrogen-bond donors (Lipinski definition) is 2. The molecule has 9 heteroatoms. The maximum absolute atomic E-state index is 13.1. The first-order valence-corrected chi connectivity index (χ1v) is 9.44. The molecule has 3 N–H and O–H groups in total. The fraction of sp³-hybridized carbons (Fsp3) is 0.579. The lowest BCUT2D eigenvalue weighted by Gasteiger charge is -2.28. The minimum Gasteiger partial charge on any atom is -0.381 e. The summed E-state index contributed by atoms with van der Waals surface area (Å²) in [4.78, 5) is 42.1.